The van der Waals surface area contributed by atoms with Gasteiger partial charge in [0.2, 0.25) is 0 Å². The van der Waals surface area contributed by atoms with Gasteiger partial charge in [-0.2, -0.15) is 0 Å². The van der Waals surface area contributed by atoms with E-state index in [1.54, 1.807) is 6.08 Å². The van der Waals surface area contributed by atoms with E-state index in [1.165, 1.54) is 0 Å². The number of amides is 1. The zero-order valence-electron chi connectivity index (χ0n) is 10.7. The van der Waals surface area contributed by atoms with E-state index >= 15 is 0 Å². The number of unbranched alkanes of at least 4 members (excludes halogenated alkanes) is 1. The standard InChI is InChI=1S/C14H15F2NO3/c1-2-3-4-5-12(14(19)20)17-13(18)9-6-10(15)8-11(16)7-9/h2,6-8,12H,1,3-5H2,(H,17,18)(H,19,20)/t12-/m0/s1. The maximum absolute atomic E-state index is 13.0. The van der Waals surface area contributed by atoms with Crippen molar-refractivity contribution in [3.63, 3.8) is 0 Å². The molecule has 0 radical (unpaired) electrons. The summed E-state index contributed by atoms with van der Waals surface area (Å²) in [7, 11) is 0. The van der Waals surface area contributed by atoms with Crippen LogP contribution in [-0.4, -0.2) is 23.0 Å². The number of allylic oxidation sites excluding steroid dienone is 1. The van der Waals surface area contributed by atoms with Crippen LogP contribution < -0.4 is 5.32 Å². The fourth-order valence-corrected chi connectivity index (χ4v) is 1.65. The zero-order chi connectivity index (χ0) is 15.1. The molecular weight excluding hydrogens is 268 g/mol. The van der Waals surface area contributed by atoms with Crippen LogP contribution >= 0.6 is 0 Å². The molecule has 1 amide bonds. The molecule has 0 heterocycles. The maximum atomic E-state index is 13.0. The summed E-state index contributed by atoms with van der Waals surface area (Å²) in [5.41, 5.74) is -0.252. The van der Waals surface area contributed by atoms with Gasteiger partial charge in [-0.15, -0.1) is 6.58 Å². The molecule has 1 atom stereocenters. The van der Waals surface area contributed by atoms with E-state index in [2.05, 4.69) is 11.9 Å². The Bertz CT molecular complexity index is 497. The van der Waals surface area contributed by atoms with Crippen molar-refractivity contribution in [3.05, 3.63) is 48.1 Å². The Hall–Kier alpha value is -2.24. The number of hydrogen-bond acceptors (Lipinski definition) is 2. The molecule has 4 nitrogen and oxygen atoms in total. The quantitative estimate of drug-likeness (QED) is 0.597. The molecule has 0 aliphatic carbocycles. The SMILES string of the molecule is C=CCCC[C@H](NC(=O)c1cc(F)cc(F)c1)C(=O)O. The van der Waals surface area contributed by atoms with Crippen LogP contribution in [0.15, 0.2) is 30.9 Å². The number of nitrogens with one attached hydrogen (secondary N) is 1. The first-order valence-corrected chi connectivity index (χ1v) is 6.04. The summed E-state index contributed by atoms with van der Waals surface area (Å²) in [6, 6.07) is 1.23. The maximum Gasteiger partial charge on any atom is 0.326 e. The lowest BCUT2D eigenvalue weighted by Crippen LogP contribution is -2.40. The van der Waals surface area contributed by atoms with E-state index in [0.29, 0.717) is 18.9 Å². The van der Waals surface area contributed by atoms with Gasteiger partial charge >= 0.3 is 5.97 Å². The summed E-state index contributed by atoms with van der Waals surface area (Å²) < 4.78 is 26.0. The third kappa shape index (κ3) is 4.79. The molecule has 0 saturated carbocycles. The van der Waals surface area contributed by atoms with Crippen molar-refractivity contribution in [2.24, 2.45) is 0 Å². The van der Waals surface area contributed by atoms with Gasteiger partial charge < -0.3 is 10.4 Å². The molecule has 1 aromatic rings. The van der Waals surface area contributed by atoms with E-state index in [0.717, 1.165) is 12.1 Å². The van der Waals surface area contributed by atoms with Crippen molar-refractivity contribution < 1.29 is 23.5 Å². The zero-order valence-corrected chi connectivity index (χ0v) is 10.7. The largest absolute Gasteiger partial charge is 0.480 e. The molecule has 0 fully saturated rings. The first-order chi connectivity index (χ1) is 9.43. The molecule has 20 heavy (non-hydrogen) atoms. The average Bonchev–Trinajstić information content (AvgIpc) is 2.36. The van der Waals surface area contributed by atoms with Crippen molar-refractivity contribution >= 4 is 11.9 Å². The molecule has 0 spiro atoms. The predicted molar refractivity (Wildman–Crippen MR) is 69.3 cm³/mol. The lowest BCUT2D eigenvalue weighted by molar-refractivity contribution is -0.139. The second kappa shape index (κ2) is 7.37. The van der Waals surface area contributed by atoms with Crippen LogP contribution in [0.25, 0.3) is 0 Å². The Morgan fingerprint density at radius 3 is 2.40 bits per heavy atom. The first kappa shape index (κ1) is 15.8. The Labute approximate surface area is 115 Å². The van der Waals surface area contributed by atoms with Crippen LogP contribution in [0, 0.1) is 11.6 Å². The number of benzene rings is 1. The van der Waals surface area contributed by atoms with Crippen molar-refractivity contribution in [2.75, 3.05) is 0 Å². The lowest BCUT2D eigenvalue weighted by Gasteiger charge is -2.14. The average molecular weight is 283 g/mol. The van der Waals surface area contributed by atoms with Crippen LogP contribution in [-0.2, 0) is 4.79 Å². The molecule has 1 rings (SSSR count). The van der Waals surface area contributed by atoms with Gasteiger partial charge in [-0.25, -0.2) is 13.6 Å². The van der Waals surface area contributed by atoms with Gasteiger partial charge in [0, 0.05) is 11.6 Å². The third-order valence-electron chi connectivity index (χ3n) is 2.63. The molecule has 1 aromatic carbocycles. The second-order valence-corrected chi connectivity index (χ2v) is 4.24. The summed E-state index contributed by atoms with van der Waals surface area (Å²) in [5.74, 6) is -3.81. The molecule has 0 aliphatic heterocycles. The number of aliphatic carboxylic acids is 1. The Morgan fingerprint density at radius 2 is 1.90 bits per heavy atom. The summed E-state index contributed by atoms with van der Waals surface area (Å²) in [6.07, 6.45) is 3.01. The summed E-state index contributed by atoms with van der Waals surface area (Å²) >= 11 is 0. The Balaban J connectivity index is 2.74. The normalized spacial score (nSPS) is 11.7. The number of hydrogen-bond donors (Lipinski definition) is 2. The van der Waals surface area contributed by atoms with E-state index in [9.17, 15) is 18.4 Å². The predicted octanol–water partition coefficient (Wildman–Crippen LogP) is 2.50. The van der Waals surface area contributed by atoms with Crippen molar-refractivity contribution in [3.8, 4) is 0 Å². The number of carboxylic acids is 1. The lowest BCUT2D eigenvalue weighted by atomic mass is 10.1. The topological polar surface area (TPSA) is 66.4 Å². The Kier molecular flexibility index (Phi) is 5.83. The minimum Gasteiger partial charge on any atom is -0.480 e. The van der Waals surface area contributed by atoms with Gasteiger partial charge in [0.25, 0.3) is 5.91 Å². The first-order valence-electron chi connectivity index (χ1n) is 6.04. The highest BCUT2D eigenvalue weighted by molar-refractivity contribution is 5.96. The molecular formula is C14H15F2NO3. The van der Waals surface area contributed by atoms with E-state index < -0.39 is 29.6 Å². The van der Waals surface area contributed by atoms with Crippen molar-refractivity contribution in [1.29, 1.82) is 0 Å². The molecule has 0 bridgehead atoms. The van der Waals surface area contributed by atoms with Crippen LogP contribution in [0.4, 0.5) is 8.78 Å². The van der Waals surface area contributed by atoms with E-state index in [4.69, 9.17) is 5.11 Å². The molecule has 0 aliphatic rings. The monoisotopic (exact) mass is 283 g/mol. The molecule has 0 saturated heterocycles. The molecule has 108 valence electrons. The number of rotatable bonds is 7. The number of carboxylic acid groups (broad SMARTS) is 1. The number of carbonyl (C=O) groups is 2. The second-order valence-electron chi connectivity index (χ2n) is 4.24. The summed E-state index contributed by atoms with van der Waals surface area (Å²) in [5, 5.41) is 11.2. The van der Waals surface area contributed by atoms with Crippen LogP contribution in [0.3, 0.4) is 0 Å². The van der Waals surface area contributed by atoms with Gasteiger partial charge in [0.15, 0.2) is 0 Å². The molecule has 2 N–H and O–H groups in total. The highest BCUT2D eigenvalue weighted by atomic mass is 19.1. The fraction of sp³-hybridized carbons (Fsp3) is 0.286. The number of halogens is 2. The Morgan fingerprint density at radius 1 is 1.30 bits per heavy atom. The smallest absolute Gasteiger partial charge is 0.326 e. The van der Waals surface area contributed by atoms with Gasteiger partial charge in [0.05, 0.1) is 0 Å². The summed E-state index contributed by atoms with van der Waals surface area (Å²) in [4.78, 5) is 22.8. The molecule has 6 heteroatoms. The fourth-order valence-electron chi connectivity index (χ4n) is 1.65. The molecule has 0 aromatic heterocycles. The minimum atomic E-state index is -1.20. The van der Waals surface area contributed by atoms with Crippen molar-refractivity contribution in [2.45, 2.75) is 25.3 Å². The van der Waals surface area contributed by atoms with Gasteiger partial charge in [-0.1, -0.05) is 6.08 Å². The van der Waals surface area contributed by atoms with E-state index in [1.807, 2.05) is 0 Å². The third-order valence-corrected chi connectivity index (χ3v) is 2.63. The molecule has 0 unspecified atom stereocenters. The van der Waals surface area contributed by atoms with Gasteiger partial charge in [-0.3, -0.25) is 4.79 Å². The van der Waals surface area contributed by atoms with Crippen LogP contribution in [0.5, 0.6) is 0 Å². The highest BCUT2D eigenvalue weighted by Crippen LogP contribution is 2.09. The summed E-state index contributed by atoms with van der Waals surface area (Å²) in [6.45, 7) is 3.51. The highest BCUT2D eigenvalue weighted by Gasteiger charge is 2.20. The van der Waals surface area contributed by atoms with Gasteiger partial charge in [-0.05, 0) is 31.4 Å². The number of carbonyl (C=O) groups excluding carboxylic acids is 1. The van der Waals surface area contributed by atoms with E-state index in [-0.39, 0.29) is 12.0 Å². The minimum absolute atomic E-state index is 0.213. The van der Waals surface area contributed by atoms with Crippen LogP contribution in [0.2, 0.25) is 0 Å². The van der Waals surface area contributed by atoms with Gasteiger partial charge in [0.1, 0.15) is 17.7 Å². The van der Waals surface area contributed by atoms with Crippen LogP contribution in [0.1, 0.15) is 29.6 Å². The van der Waals surface area contributed by atoms with Crippen molar-refractivity contribution in [1.82, 2.24) is 5.32 Å².